The lowest BCUT2D eigenvalue weighted by Gasteiger charge is -2.20. The molecule has 1 aromatic carbocycles. The number of hydrogen-bond acceptors (Lipinski definition) is 2. The van der Waals surface area contributed by atoms with Crippen LogP contribution < -0.4 is 15.7 Å². The van der Waals surface area contributed by atoms with Crippen LogP contribution in [0.15, 0.2) is 30.9 Å². The van der Waals surface area contributed by atoms with E-state index in [0.29, 0.717) is 13.2 Å². The summed E-state index contributed by atoms with van der Waals surface area (Å²) in [6.07, 6.45) is 1.72. The van der Waals surface area contributed by atoms with Gasteiger partial charge < -0.3 is 10.5 Å². The van der Waals surface area contributed by atoms with Crippen LogP contribution >= 0.6 is 11.1 Å². The van der Waals surface area contributed by atoms with E-state index in [1.54, 1.807) is 6.08 Å². The normalized spacial score (nSPS) is 11.2. The lowest BCUT2D eigenvalue weighted by molar-refractivity contribution is 0.362. The third-order valence-corrected chi connectivity index (χ3v) is 4.59. The maximum absolute atomic E-state index is 6.46. The topological polar surface area (TPSA) is 35.2 Å². The van der Waals surface area contributed by atoms with Gasteiger partial charge in [0.15, 0.2) is 7.38 Å². The number of benzene rings is 1. The molecule has 0 aliphatic carbocycles. The smallest absolute Gasteiger partial charge is 0.185 e. The average Bonchev–Trinajstić information content (AvgIpc) is 2.24. The molecule has 0 unspecified atom stereocenters. The first-order valence-electron chi connectivity index (χ1n) is 5.25. The zero-order valence-electron chi connectivity index (χ0n) is 9.79. The third-order valence-electron chi connectivity index (χ3n) is 2.30. The lowest BCUT2D eigenvalue weighted by atomic mass is 10.2. The number of para-hydroxylation sites is 1. The van der Waals surface area contributed by atoms with Gasteiger partial charge in [0.25, 0.3) is 0 Å². The molecule has 4 heteroatoms. The molecule has 0 aliphatic rings. The van der Waals surface area contributed by atoms with E-state index in [0.717, 1.165) is 16.5 Å². The standard InChI is InChI=1S/C12H18ClNOSi/c1-4-8-15-12-10(9-14)6-5-7-11(12)16(2,3)13/h4-7H,1,8-9,14H2,2-3H3. The first kappa shape index (κ1) is 13.3. The molecule has 2 nitrogen and oxygen atoms in total. The molecule has 0 atom stereocenters. The minimum absolute atomic E-state index is 0.460. The summed E-state index contributed by atoms with van der Waals surface area (Å²) in [6, 6.07) is 5.98. The molecule has 88 valence electrons. The van der Waals surface area contributed by atoms with E-state index < -0.39 is 7.38 Å². The van der Waals surface area contributed by atoms with E-state index in [9.17, 15) is 0 Å². The van der Waals surface area contributed by atoms with Gasteiger partial charge in [-0.05, 0) is 5.19 Å². The monoisotopic (exact) mass is 255 g/mol. The number of hydrogen-bond donors (Lipinski definition) is 1. The lowest BCUT2D eigenvalue weighted by Crippen LogP contribution is -2.37. The van der Waals surface area contributed by atoms with Crippen LogP contribution in [0.25, 0.3) is 0 Å². The van der Waals surface area contributed by atoms with Crippen molar-refractivity contribution in [2.45, 2.75) is 19.6 Å². The molecule has 0 fully saturated rings. The highest BCUT2D eigenvalue weighted by molar-refractivity contribution is 7.26. The second-order valence-electron chi connectivity index (χ2n) is 4.07. The molecule has 0 saturated carbocycles. The fourth-order valence-electron chi connectivity index (χ4n) is 1.53. The van der Waals surface area contributed by atoms with Crippen LogP contribution in [0.3, 0.4) is 0 Å². The summed E-state index contributed by atoms with van der Waals surface area (Å²) in [5, 5.41) is 1.10. The Hall–Kier alpha value is -0.773. The van der Waals surface area contributed by atoms with E-state index in [4.69, 9.17) is 21.5 Å². The van der Waals surface area contributed by atoms with Crippen LogP contribution in [0.1, 0.15) is 5.56 Å². The summed E-state index contributed by atoms with van der Waals surface area (Å²) in [5.74, 6) is 0.844. The van der Waals surface area contributed by atoms with Gasteiger partial charge in [-0.25, -0.2) is 0 Å². The summed E-state index contributed by atoms with van der Waals surface area (Å²) < 4.78 is 5.69. The van der Waals surface area contributed by atoms with E-state index in [1.165, 1.54) is 0 Å². The summed E-state index contributed by atoms with van der Waals surface area (Å²) >= 11 is 6.46. The van der Waals surface area contributed by atoms with Crippen LogP contribution in [0.4, 0.5) is 0 Å². The molecule has 0 heterocycles. The number of nitrogens with two attached hydrogens (primary N) is 1. The number of rotatable bonds is 5. The van der Waals surface area contributed by atoms with Crippen molar-refractivity contribution in [3.8, 4) is 5.75 Å². The van der Waals surface area contributed by atoms with Gasteiger partial charge >= 0.3 is 0 Å². The van der Waals surface area contributed by atoms with Gasteiger partial charge in [0.05, 0.1) is 0 Å². The number of ether oxygens (including phenoxy) is 1. The van der Waals surface area contributed by atoms with Gasteiger partial charge in [0.1, 0.15) is 12.4 Å². The number of halogens is 1. The van der Waals surface area contributed by atoms with Gasteiger partial charge in [-0.3, -0.25) is 0 Å². The first-order valence-corrected chi connectivity index (χ1v) is 9.27. The second-order valence-corrected chi connectivity index (χ2v) is 10.4. The van der Waals surface area contributed by atoms with Crippen LogP contribution in [-0.2, 0) is 6.54 Å². The highest BCUT2D eigenvalue weighted by Gasteiger charge is 2.25. The molecule has 0 aromatic heterocycles. The Balaban J connectivity index is 3.20. The predicted molar refractivity (Wildman–Crippen MR) is 73.0 cm³/mol. The highest BCUT2D eigenvalue weighted by Crippen LogP contribution is 2.21. The fraction of sp³-hybridized carbons (Fsp3) is 0.333. The summed E-state index contributed by atoms with van der Waals surface area (Å²) in [4.78, 5) is 0. The van der Waals surface area contributed by atoms with Crippen molar-refractivity contribution in [2.24, 2.45) is 5.73 Å². The maximum Gasteiger partial charge on any atom is 0.185 e. The zero-order valence-corrected chi connectivity index (χ0v) is 11.6. The van der Waals surface area contributed by atoms with E-state index >= 15 is 0 Å². The zero-order chi connectivity index (χ0) is 12.2. The molecular weight excluding hydrogens is 238 g/mol. The second kappa shape index (κ2) is 5.52. The van der Waals surface area contributed by atoms with Crippen LogP contribution in [0.5, 0.6) is 5.75 Å². The minimum atomic E-state index is -1.92. The van der Waals surface area contributed by atoms with Crippen molar-refractivity contribution < 1.29 is 4.74 Å². The van der Waals surface area contributed by atoms with Crippen molar-refractivity contribution >= 4 is 23.6 Å². The molecule has 0 amide bonds. The molecule has 1 rings (SSSR count). The molecule has 0 bridgehead atoms. The summed E-state index contributed by atoms with van der Waals surface area (Å²) in [5.41, 5.74) is 6.70. The summed E-state index contributed by atoms with van der Waals surface area (Å²) in [7, 11) is -1.92. The minimum Gasteiger partial charge on any atom is -0.489 e. The Labute approximate surface area is 103 Å². The Bertz CT molecular complexity index is 374. The molecule has 0 radical (unpaired) electrons. The van der Waals surface area contributed by atoms with Crippen molar-refractivity contribution in [3.05, 3.63) is 36.4 Å². The quantitative estimate of drug-likeness (QED) is 0.498. The molecule has 16 heavy (non-hydrogen) atoms. The third kappa shape index (κ3) is 3.11. The average molecular weight is 256 g/mol. The Morgan fingerprint density at radius 1 is 1.50 bits per heavy atom. The Morgan fingerprint density at radius 3 is 2.69 bits per heavy atom. The predicted octanol–water partition coefficient (Wildman–Crippen LogP) is 2.36. The molecule has 2 N–H and O–H groups in total. The van der Waals surface area contributed by atoms with Crippen LogP contribution in [0, 0.1) is 0 Å². The van der Waals surface area contributed by atoms with Gasteiger partial charge in [0.2, 0.25) is 0 Å². The highest BCUT2D eigenvalue weighted by atomic mass is 35.6. The summed E-state index contributed by atoms with van der Waals surface area (Å²) in [6.45, 7) is 8.73. The first-order chi connectivity index (χ1) is 7.50. The molecular formula is C12H18ClNOSi. The SMILES string of the molecule is C=CCOc1c(CN)cccc1[Si](C)(C)Cl. The van der Waals surface area contributed by atoms with Crippen LogP contribution in [-0.4, -0.2) is 14.0 Å². The van der Waals surface area contributed by atoms with E-state index in [1.807, 2.05) is 18.2 Å². The maximum atomic E-state index is 6.46. The largest absolute Gasteiger partial charge is 0.489 e. The van der Waals surface area contributed by atoms with E-state index in [-0.39, 0.29) is 0 Å². The fourth-order valence-corrected chi connectivity index (χ4v) is 3.24. The van der Waals surface area contributed by atoms with Crippen LogP contribution in [0.2, 0.25) is 13.1 Å². The Morgan fingerprint density at radius 2 is 2.19 bits per heavy atom. The van der Waals surface area contributed by atoms with Crippen molar-refractivity contribution in [2.75, 3.05) is 6.61 Å². The van der Waals surface area contributed by atoms with Gasteiger partial charge in [-0.15, -0.1) is 0 Å². The van der Waals surface area contributed by atoms with Crippen molar-refractivity contribution in [1.29, 1.82) is 0 Å². The van der Waals surface area contributed by atoms with Gasteiger partial charge in [0, 0.05) is 12.1 Å². The molecule has 0 saturated heterocycles. The van der Waals surface area contributed by atoms with Gasteiger partial charge in [-0.2, -0.15) is 11.1 Å². The van der Waals surface area contributed by atoms with E-state index in [2.05, 4.69) is 19.7 Å². The molecule has 0 spiro atoms. The van der Waals surface area contributed by atoms with Crippen molar-refractivity contribution in [3.63, 3.8) is 0 Å². The Kier molecular flexibility index (Phi) is 4.59. The van der Waals surface area contributed by atoms with Gasteiger partial charge in [-0.1, -0.05) is 43.9 Å². The molecule has 0 aliphatic heterocycles. The molecule has 1 aromatic rings. The van der Waals surface area contributed by atoms with Crippen molar-refractivity contribution in [1.82, 2.24) is 0 Å².